The molecule has 9 heteroatoms. The maximum atomic E-state index is 14.1. The zero-order chi connectivity index (χ0) is 21.8. The molecule has 0 aromatic carbocycles. The van der Waals surface area contributed by atoms with Gasteiger partial charge in [-0.3, -0.25) is 4.79 Å². The molecule has 0 aliphatic carbocycles. The smallest absolute Gasteiger partial charge is 0.264 e. The molecule has 162 valence electrons. The first-order chi connectivity index (χ1) is 14.9. The van der Waals surface area contributed by atoms with E-state index in [1.54, 1.807) is 12.3 Å². The summed E-state index contributed by atoms with van der Waals surface area (Å²) in [7, 11) is 1.85. The zero-order valence-electron chi connectivity index (χ0n) is 17.2. The number of anilines is 1. The van der Waals surface area contributed by atoms with E-state index >= 15 is 0 Å². The number of aryl methyl sites for hydroxylation is 1. The molecule has 0 radical (unpaired) electrons. The van der Waals surface area contributed by atoms with E-state index < -0.39 is 12.0 Å². The minimum Gasteiger partial charge on any atom is -0.378 e. The quantitative estimate of drug-likeness (QED) is 0.688. The van der Waals surface area contributed by atoms with Crippen molar-refractivity contribution in [3.63, 3.8) is 0 Å². The van der Waals surface area contributed by atoms with Crippen molar-refractivity contribution >= 4 is 22.6 Å². The van der Waals surface area contributed by atoms with Crippen LogP contribution < -0.4 is 5.32 Å². The van der Waals surface area contributed by atoms with Crippen molar-refractivity contribution in [2.45, 2.75) is 31.8 Å². The molecule has 3 aromatic rings. The van der Waals surface area contributed by atoms with Crippen LogP contribution in [-0.2, 0) is 33.3 Å². The lowest BCUT2D eigenvalue weighted by Gasteiger charge is -2.35. The number of amides is 1. The third-order valence-corrected chi connectivity index (χ3v) is 6.00. The molecular formula is C22H22F2N4O3. The molecule has 1 N–H and O–H groups in total. The van der Waals surface area contributed by atoms with Gasteiger partial charge in [0.2, 0.25) is 5.91 Å². The Bertz CT molecular complexity index is 1190. The van der Waals surface area contributed by atoms with Gasteiger partial charge in [-0.15, -0.1) is 0 Å². The van der Waals surface area contributed by atoms with Crippen LogP contribution in [0.3, 0.4) is 0 Å². The molecule has 2 aliphatic rings. The average Bonchev–Trinajstić information content (AvgIpc) is 3.32. The maximum Gasteiger partial charge on any atom is 0.264 e. The summed E-state index contributed by atoms with van der Waals surface area (Å²) in [5.41, 5.74) is 2.27. The molecular weight excluding hydrogens is 406 g/mol. The largest absolute Gasteiger partial charge is 0.378 e. The van der Waals surface area contributed by atoms with E-state index in [1.165, 1.54) is 13.0 Å². The van der Waals surface area contributed by atoms with Crippen LogP contribution in [0.1, 0.15) is 36.6 Å². The van der Waals surface area contributed by atoms with Gasteiger partial charge in [-0.25, -0.2) is 18.7 Å². The highest BCUT2D eigenvalue weighted by atomic mass is 19.3. The van der Waals surface area contributed by atoms with Crippen molar-refractivity contribution in [3.05, 3.63) is 41.3 Å². The first kappa shape index (κ1) is 20.0. The van der Waals surface area contributed by atoms with Gasteiger partial charge in [0.05, 0.1) is 36.3 Å². The number of carbonyl (C=O) groups is 1. The lowest BCUT2D eigenvalue weighted by molar-refractivity contribution is -0.114. The minimum atomic E-state index is -2.63. The Balaban J connectivity index is 1.73. The number of nitrogens with zero attached hydrogens (tertiary/aromatic N) is 3. The molecule has 1 atom stereocenters. The summed E-state index contributed by atoms with van der Waals surface area (Å²) >= 11 is 0. The first-order valence-corrected chi connectivity index (χ1v) is 10.2. The van der Waals surface area contributed by atoms with Gasteiger partial charge >= 0.3 is 0 Å². The number of hydrogen-bond donors (Lipinski definition) is 1. The molecule has 1 spiro atoms. The number of hydrogen-bond acceptors (Lipinski definition) is 5. The molecule has 7 nitrogen and oxygen atoms in total. The highest BCUT2D eigenvalue weighted by Crippen LogP contribution is 2.43. The molecule has 5 rings (SSSR count). The molecule has 0 saturated carbocycles. The number of halogens is 2. The fourth-order valence-corrected chi connectivity index (χ4v) is 4.56. The van der Waals surface area contributed by atoms with E-state index in [4.69, 9.17) is 14.5 Å². The third kappa shape index (κ3) is 3.28. The summed E-state index contributed by atoms with van der Waals surface area (Å²) in [5, 5.41) is 3.43. The summed E-state index contributed by atoms with van der Waals surface area (Å²) in [5.74, 6) is 0.153. The van der Waals surface area contributed by atoms with Gasteiger partial charge in [-0.2, -0.15) is 0 Å². The Labute approximate surface area is 177 Å². The number of aromatic nitrogens is 3. The zero-order valence-corrected chi connectivity index (χ0v) is 17.2. The number of carbonyl (C=O) groups excluding carboxylic acids is 1. The summed E-state index contributed by atoms with van der Waals surface area (Å²) in [6.45, 7) is 2.60. The van der Waals surface area contributed by atoms with Crippen LogP contribution >= 0.6 is 0 Å². The number of fused-ring (bicyclic) bond motifs is 3. The van der Waals surface area contributed by atoms with Gasteiger partial charge in [0.15, 0.2) is 0 Å². The van der Waals surface area contributed by atoms with Crippen LogP contribution in [0.25, 0.3) is 22.2 Å². The predicted molar refractivity (Wildman–Crippen MR) is 110 cm³/mol. The lowest BCUT2D eigenvalue weighted by Crippen LogP contribution is -2.38. The van der Waals surface area contributed by atoms with E-state index in [0.717, 1.165) is 10.9 Å². The number of rotatable bonds is 3. The van der Waals surface area contributed by atoms with E-state index in [0.29, 0.717) is 61.0 Å². The Hall–Kier alpha value is -2.91. The Morgan fingerprint density at radius 1 is 1.32 bits per heavy atom. The summed E-state index contributed by atoms with van der Waals surface area (Å²) in [6.07, 6.45) is 1.85. The second kappa shape index (κ2) is 7.35. The normalized spacial score (nSPS) is 20.5. The molecule has 1 amide bonds. The van der Waals surface area contributed by atoms with Crippen LogP contribution in [0, 0.1) is 0 Å². The number of pyridine rings is 2. The number of ether oxygens (including phenoxy) is 2. The molecule has 1 fully saturated rings. The molecule has 1 unspecified atom stereocenters. The maximum absolute atomic E-state index is 14.1. The van der Waals surface area contributed by atoms with E-state index in [2.05, 4.69) is 10.3 Å². The van der Waals surface area contributed by atoms with Gasteiger partial charge in [0.25, 0.3) is 6.43 Å². The fraction of sp³-hybridized carbons (Fsp3) is 0.409. The third-order valence-electron chi connectivity index (χ3n) is 6.00. The Morgan fingerprint density at radius 2 is 2.16 bits per heavy atom. The second-order valence-electron chi connectivity index (χ2n) is 8.04. The van der Waals surface area contributed by atoms with Crippen LogP contribution in [0.15, 0.2) is 24.5 Å². The number of nitrogens with one attached hydrogen (secondary N) is 1. The second-order valence-corrected chi connectivity index (χ2v) is 8.04. The predicted octanol–water partition coefficient (Wildman–Crippen LogP) is 3.72. The highest BCUT2D eigenvalue weighted by molar-refractivity contribution is 5.98. The Morgan fingerprint density at radius 3 is 2.87 bits per heavy atom. The van der Waals surface area contributed by atoms with Gasteiger partial charge in [0.1, 0.15) is 11.4 Å². The van der Waals surface area contributed by atoms with Gasteiger partial charge in [-0.05, 0) is 24.1 Å². The van der Waals surface area contributed by atoms with Crippen LogP contribution in [0.5, 0.6) is 0 Å². The standard InChI is InChI=1S/C22H22F2N4O3/c1-12(29)26-19-8-14-16(10-28(2)18(14)9-25-19)17-7-15(21(23)24)13-3-5-31-22(20(13)27-17)4-6-30-11-22/h7-10,21H,3-6,11H2,1-2H3,(H,25,26,29). The van der Waals surface area contributed by atoms with Crippen LogP contribution in [0.2, 0.25) is 0 Å². The molecule has 0 bridgehead atoms. The Kier molecular flexibility index (Phi) is 4.75. The minimum absolute atomic E-state index is 0.0114. The van der Waals surface area contributed by atoms with Gasteiger partial charge in [-0.1, -0.05) is 0 Å². The van der Waals surface area contributed by atoms with Crippen LogP contribution in [-0.4, -0.2) is 40.3 Å². The molecule has 1 saturated heterocycles. The summed E-state index contributed by atoms with van der Waals surface area (Å²) in [4.78, 5) is 20.6. The average molecular weight is 428 g/mol. The fourth-order valence-electron chi connectivity index (χ4n) is 4.56. The van der Waals surface area contributed by atoms with Crippen molar-refractivity contribution in [1.29, 1.82) is 0 Å². The van der Waals surface area contributed by atoms with Crippen molar-refractivity contribution in [2.24, 2.45) is 7.05 Å². The molecule has 5 heterocycles. The van der Waals surface area contributed by atoms with Crippen molar-refractivity contribution in [1.82, 2.24) is 14.5 Å². The number of alkyl halides is 2. The van der Waals surface area contributed by atoms with E-state index in [1.807, 2.05) is 17.8 Å². The van der Waals surface area contributed by atoms with E-state index in [9.17, 15) is 13.6 Å². The van der Waals surface area contributed by atoms with Gasteiger partial charge in [0, 0.05) is 49.7 Å². The van der Waals surface area contributed by atoms with E-state index in [-0.39, 0.29) is 11.5 Å². The highest BCUT2D eigenvalue weighted by Gasteiger charge is 2.44. The lowest BCUT2D eigenvalue weighted by atomic mass is 9.87. The topological polar surface area (TPSA) is 78.3 Å². The first-order valence-electron chi connectivity index (χ1n) is 10.2. The summed E-state index contributed by atoms with van der Waals surface area (Å²) in [6, 6.07) is 3.21. The molecule has 2 aliphatic heterocycles. The monoisotopic (exact) mass is 428 g/mol. The van der Waals surface area contributed by atoms with Crippen molar-refractivity contribution < 1.29 is 23.0 Å². The van der Waals surface area contributed by atoms with Crippen LogP contribution in [0.4, 0.5) is 14.6 Å². The SMILES string of the molecule is CC(=O)Nc1cc2c(-c3cc(C(F)F)c4c(n3)C3(CCOC3)OCC4)cn(C)c2cn1. The van der Waals surface area contributed by atoms with Crippen molar-refractivity contribution in [3.8, 4) is 11.3 Å². The molecule has 3 aromatic heterocycles. The molecule has 31 heavy (non-hydrogen) atoms. The van der Waals surface area contributed by atoms with Gasteiger partial charge < -0.3 is 19.4 Å². The van der Waals surface area contributed by atoms with Crippen molar-refractivity contribution in [2.75, 3.05) is 25.1 Å². The summed E-state index contributed by atoms with van der Waals surface area (Å²) < 4.78 is 41.6.